The van der Waals surface area contributed by atoms with Crippen LogP contribution in [-0.4, -0.2) is 4.57 Å². The lowest BCUT2D eigenvalue weighted by Crippen LogP contribution is -2.10. The molecule has 1 aromatic heterocycles. The fourth-order valence-corrected chi connectivity index (χ4v) is 7.42. The van der Waals surface area contributed by atoms with E-state index in [4.69, 9.17) is 12.6 Å². The van der Waals surface area contributed by atoms with E-state index >= 15 is 0 Å². The topological polar surface area (TPSA) is 8.17 Å². The molecule has 8 aromatic carbocycles. The van der Waals surface area contributed by atoms with Crippen LogP contribution in [0.5, 0.6) is 0 Å². The Bertz CT molecular complexity index is 2600. The molecule has 0 radical (unpaired) electrons. The van der Waals surface area contributed by atoms with Gasteiger partial charge in [0.15, 0.2) is 0 Å². The summed E-state index contributed by atoms with van der Waals surface area (Å²) in [6.45, 7) is 0. The van der Waals surface area contributed by atoms with Crippen molar-refractivity contribution in [2.24, 2.45) is 0 Å². The van der Waals surface area contributed by atoms with E-state index in [2.05, 4.69) is 191 Å². The van der Waals surface area contributed by atoms with Gasteiger partial charge in [-0.3, -0.25) is 0 Å². The molecule has 0 atom stereocenters. The van der Waals surface area contributed by atoms with Gasteiger partial charge in [-0.05, 0) is 88.3 Å². The van der Waals surface area contributed by atoms with Gasteiger partial charge in [-0.25, -0.2) is 0 Å². The summed E-state index contributed by atoms with van der Waals surface area (Å²) in [5.41, 5.74) is 11.5. The van der Waals surface area contributed by atoms with E-state index in [1.807, 2.05) is 6.07 Å². The standard InChI is InChI=1S/C46H32N2S/c49-46-29-24-35(30-42(46)34-12-3-1-4-13-34)32-22-25-37(26-23-32)47(43-21-11-15-33-14-7-8-18-39(33)43)38-27-28-41-40-19-9-10-20-44(40)48(45(41)31-38)36-16-5-2-6-17-36/h1-31,49H. The SMILES string of the molecule is Sc1ccc(-c2ccc(N(c3ccc4c5ccccc5n(-c5ccccc5)c4c3)c3cccc4ccccc34)cc2)cc1-c1ccccc1. The molecule has 0 N–H and O–H groups in total. The number of fused-ring (bicyclic) bond motifs is 4. The Morgan fingerprint density at radius 3 is 1.86 bits per heavy atom. The van der Waals surface area contributed by atoms with Gasteiger partial charge >= 0.3 is 0 Å². The third-order valence-electron chi connectivity index (χ3n) is 9.48. The lowest BCUT2D eigenvalue weighted by molar-refractivity contribution is 1.18. The lowest BCUT2D eigenvalue weighted by atomic mass is 9.98. The quantitative estimate of drug-likeness (QED) is 0.177. The minimum absolute atomic E-state index is 0.969. The molecule has 0 unspecified atom stereocenters. The van der Waals surface area contributed by atoms with Crippen molar-refractivity contribution >= 4 is 62.3 Å². The molecule has 0 fully saturated rings. The van der Waals surface area contributed by atoms with E-state index in [0.29, 0.717) is 0 Å². The van der Waals surface area contributed by atoms with Crippen molar-refractivity contribution in [3.05, 3.63) is 188 Å². The van der Waals surface area contributed by atoms with Crippen LogP contribution in [0.1, 0.15) is 0 Å². The van der Waals surface area contributed by atoms with Crippen molar-refractivity contribution in [3.8, 4) is 27.9 Å². The van der Waals surface area contributed by atoms with Crippen LogP contribution in [0, 0.1) is 0 Å². The first-order chi connectivity index (χ1) is 24.2. The van der Waals surface area contributed by atoms with E-state index < -0.39 is 0 Å². The number of hydrogen-bond acceptors (Lipinski definition) is 2. The summed E-state index contributed by atoms with van der Waals surface area (Å²) in [7, 11) is 0. The monoisotopic (exact) mass is 644 g/mol. The van der Waals surface area contributed by atoms with Crippen LogP contribution in [-0.2, 0) is 0 Å². The molecule has 1 heterocycles. The van der Waals surface area contributed by atoms with Crippen molar-refractivity contribution < 1.29 is 0 Å². The molecule has 0 amide bonds. The van der Waals surface area contributed by atoms with Crippen LogP contribution in [0.2, 0.25) is 0 Å². The highest BCUT2D eigenvalue weighted by molar-refractivity contribution is 7.80. The fraction of sp³-hybridized carbons (Fsp3) is 0. The summed E-state index contributed by atoms with van der Waals surface area (Å²) in [5.74, 6) is 0. The molecular formula is C46H32N2S. The number of para-hydroxylation sites is 2. The number of thiol groups is 1. The molecule has 9 rings (SSSR count). The van der Waals surface area contributed by atoms with Crippen LogP contribution in [0.15, 0.2) is 193 Å². The summed E-state index contributed by atoms with van der Waals surface area (Å²) >= 11 is 4.79. The van der Waals surface area contributed by atoms with Gasteiger partial charge in [0.2, 0.25) is 0 Å². The number of anilines is 3. The molecule has 9 aromatic rings. The summed E-state index contributed by atoms with van der Waals surface area (Å²) in [4.78, 5) is 3.36. The highest BCUT2D eigenvalue weighted by Gasteiger charge is 2.19. The van der Waals surface area contributed by atoms with Crippen LogP contribution >= 0.6 is 12.6 Å². The molecule has 0 saturated heterocycles. The molecule has 0 saturated carbocycles. The van der Waals surface area contributed by atoms with Crippen LogP contribution in [0.25, 0.3) is 60.5 Å². The van der Waals surface area contributed by atoms with Gasteiger partial charge in [0.1, 0.15) is 0 Å². The molecule has 0 aliphatic carbocycles. The van der Waals surface area contributed by atoms with Gasteiger partial charge in [-0.2, -0.15) is 0 Å². The lowest BCUT2D eigenvalue weighted by Gasteiger charge is -2.27. The average Bonchev–Trinajstić information content (AvgIpc) is 3.50. The first kappa shape index (κ1) is 29.1. The van der Waals surface area contributed by atoms with Gasteiger partial charge in [0.05, 0.1) is 16.7 Å². The predicted octanol–water partition coefficient (Wildman–Crippen LogP) is 13.0. The van der Waals surface area contributed by atoms with Crippen molar-refractivity contribution in [2.45, 2.75) is 4.90 Å². The van der Waals surface area contributed by atoms with E-state index in [1.165, 1.54) is 32.6 Å². The Morgan fingerprint density at radius 2 is 1.04 bits per heavy atom. The smallest absolute Gasteiger partial charge is 0.0561 e. The molecule has 0 spiro atoms. The van der Waals surface area contributed by atoms with Crippen molar-refractivity contribution in [3.63, 3.8) is 0 Å². The maximum absolute atomic E-state index is 4.79. The summed E-state index contributed by atoms with van der Waals surface area (Å²) < 4.78 is 2.38. The van der Waals surface area contributed by atoms with Gasteiger partial charge in [0.25, 0.3) is 0 Å². The number of rotatable bonds is 6. The van der Waals surface area contributed by atoms with Gasteiger partial charge in [-0.15, -0.1) is 12.6 Å². The first-order valence-electron chi connectivity index (χ1n) is 16.6. The highest BCUT2D eigenvalue weighted by Crippen LogP contribution is 2.42. The van der Waals surface area contributed by atoms with Crippen LogP contribution < -0.4 is 4.90 Å². The zero-order chi connectivity index (χ0) is 32.7. The maximum Gasteiger partial charge on any atom is 0.0561 e. The van der Waals surface area contributed by atoms with Gasteiger partial charge in [-0.1, -0.05) is 127 Å². The Kier molecular flexibility index (Phi) is 7.26. The second-order valence-electron chi connectivity index (χ2n) is 12.4. The van der Waals surface area contributed by atoms with Gasteiger partial charge < -0.3 is 9.47 Å². The third kappa shape index (κ3) is 5.16. The number of benzene rings is 8. The number of aromatic nitrogens is 1. The van der Waals surface area contributed by atoms with Crippen LogP contribution in [0.3, 0.4) is 0 Å². The zero-order valence-corrected chi connectivity index (χ0v) is 27.6. The zero-order valence-electron chi connectivity index (χ0n) is 26.7. The Morgan fingerprint density at radius 1 is 0.408 bits per heavy atom. The predicted molar refractivity (Wildman–Crippen MR) is 211 cm³/mol. The average molecular weight is 645 g/mol. The highest BCUT2D eigenvalue weighted by atomic mass is 32.1. The molecule has 2 nitrogen and oxygen atoms in total. The Labute approximate surface area is 291 Å². The number of hydrogen-bond donors (Lipinski definition) is 1. The van der Waals surface area contributed by atoms with E-state index in [-0.39, 0.29) is 0 Å². The second kappa shape index (κ2) is 12.2. The van der Waals surface area contributed by atoms with E-state index in [1.54, 1.807) is 0 Å². The molecule has 232 valence electrons. The summed E-state index contributed by atoms with van der Waals surface area (Å²) in [6, 6.07) is 67.3. The maximum atomic E-state index is 4.79. The minimum Gasteiger partial charge on any atom is -0.310 e. The van der Waals surface area contributed by atoms with Crippen molar-refractivity contribution in [2.75, 3.05) is 4.90 Å². The van der Waals surface area contributed by atoms with E-state index in [9.17, 15) is 0 Å². The molecule has 0 aliphatic rings. The molecule has 0 bridgehead atoms. The summed E-state index contributed by atoms with van der Waals surface area (Å²) in [6.07, 6.45) is 0. The third-order valence-corrected chi connectivity index (χ3v) is 9.87. The molecule has 0 aliphatic heterocycles. The van der Waals surface area contributed by atoms with Crippen molar-refractivity contribution in [1.29, 1.82) is 0 Å². The Balaban J connectivity index is 1.22. The van der Waals surface area contributed by atoms with Crippen LogP contribution in [0.4, 0.5) is 17.1 Å². The van der Waals surface area contributed by atoms with Gasteiger partial charge in [0, 0.05) is 38.1 Å². The summed E-state index contributed by atoms with van der Waals surface area (Å²) in [5, 5.41) is 4.89. The molecular weight excluding hydrogens is 613 g/mol. The normalized spacial score (nSPS) is 11.4. The van der Waals surface area contributed by atoms with E-state index in [0.717, 1.165) is 49.9 Å². The second-order valence-corrected chi connectivity index (χ2v) is 12.8. The molecule has 49 heavy (non-hydrogen) atoms. The largest absolute Gasteiger partial charge is 0.310 e. The Hall–Kier alpha value is -6.03. The van der Waals surface area contributed by atoms with Crippen molar-refractivity contribution in [1.82, 2.24) is 4.57 Å². The minimum atomic E-state index is 0.969. The number of nitrogens with zero attached hydrogens (tertiary/aromatic N) is 2. The first-order valence-corrected chi connectivity index (χ1v) is 17.0. The molecule has 3 heteroatoms. The fourth-order valence-electron chi connectivity index (χ4n) is 7.15.